The fourth-order valence-electron chi connectivity index (χ4n) is 1.79. The first kappa shape index (κ1) is 13.5. The number of allylic oxidation sites excluding steroid dienone is 1. The van der Waals surface area contributed by atoms with Crippen LogP contribution in [0, 0.1) is 0 Å². The van der Waals surface area contributed by atoms with Gasteiger partial charge in [0.1, 0.15) is 0 Å². The number of rotatable bonds is 6. The van der Waals surface area contributed by atoms with Crippen molar-refractivity contribution in [2.24, 2.45) is 0 Å². The second-order valence-electron chi connectivity index (χ2n) is 4.92. The molecule has 2 heteroatoms. The van der Waals surface area contributed by atoms with E-state index in [4.69, 9.17) is 5.11 Å². The molecule has 0 saturated heterocycles. The molecule has 0 aliphatic rings. The van der Waals surface area contributed by atoms with Crippen LogP contribution in [0.3, 0.4) is 0 Å². The van der Waals surface area contributed by atoms with E-state index in [0.717, 1.165) is 12.8 Å². The summed E-state index contributed by atoms with van der Waals surface area (Å²) in [5, 5.41) is 9.96. The monoisotopic (exact) mass is 280 g/mol. The molecule has 88 valence electrons. The zero-order valence-electron chi connectivity index (χ0n) is 10.3. The molecule has 0 bridgehead atoms. The number of aliphatic hydroxyl groups is 1. The zero-order chi connectivity index (χ0) is 11.9. The van der Waals surface area contributed by atoms with Gasteiger partial charge in [-0.1, -0.05) is 0 Å². The molecule has 0 amide bonds. The minimum absolute atomic E-state index is 0.302. The third-order valence-electron chi connectivity index (χ3n) is 2.60. The summed E-state index contributed by atoms with van der Waals surface area (Å²) in [6.45, 7) is 0.302. The van der Waals surface area contributed by atoms with Gasteiger partial charge < -0.3 is 0 Å². The van der Waals surface area contributed by atoms with Gasteiger partial charge in [-0.3, -0.25) is 0 Å². The number of hydrogen-bond donors (Lipinski definition) is 1. The molecule has 1 rings (SSSR count). The van der Waals surface area contributed by atoms with Crippen LogP contribution in [0.2, 0.25) is 11.5 Å². The Balaban J connectivity index is 2.48. The first-order valence-corrected chi connectivity index (χ1v) is 12.9. The first-order chi connectivity index (χ1) is 7.64. The second kappa shape index (κ2) is 6.92. The van der Waals surface area contributed by atoms with Crippen LogP contribution >= 0.6 is 0 Å². The SMILES string of the molecule is [CH3][Ge]([CH3])(/[CH]=C\CCCO)[CH2]c1ccccc1. The molecule has 0 unspecified atom stereocenters. The summed E-state index contributed by atoms with van der Waals surface area (Å²) < 4.78 is 0. The van der Waals surface area contributed by atoms with E-state index in [0.29, 0.717) is 6.61 Å². The maximum absolute atomic E-state index is 8.71. The van der Waals surface area contributed by atoms with Gasteiger partial charge in [-0.2, -0.15) is 0 Å². The summed E-state index contributed by atoms with van der Waals surface area (Å²) in [6.07, 6.45) is 4.17. The Labute approximate surface area is 102 Å². The van der Waals surface area contributed by atoms with E-state index < -0.39 is 13.3 Å². The van der Waals surface area contributed by atoms with Gasteiger partial charge >= 0.3 is 101 Å². The van der Waals surface area contributed by atoms with Crippen LogP contribution in [0.25, 0.3) is 0 Å². The van der Waals surface area contributed by atoms with Gasteiger partial charge in [-0.25, -0.2) is 0 Å². The summed E-state index contributed by atoms with van der Waals surface area (Å²) in [5.74, 6) is 4.87. The molecule has 16 heavy (non-hydrogen) atoms. The van der Waals surface area contributed by atoms with E-state index in [1.165, 1.54) is 10.8 Å². The molecular formula is C14H22GeO. The molecule has 0 spiro atoms. The molecule has 1 N–H and O–H groups in total. The predicted molar refractivity (Wildman–Crippen MR) is 73.1 cm³/mol. The van der Waals surface area contributed by atoms with Crippen LogP contribution in [0.1, 0.15) is 18.4 Å². The second-order valence-corrected chi connectivity index (χ2v) is 14.7. The molecule has 0 aliphatic carbocycles. The molecule has 0 fully saturated rings. The summed E-state index contributed by atoms with van der Waals surface area (Å²) in [6, 6.07) is 10.7. The molecule has 0 atom stereocenters. The van der Waals surface area contributed by atoms with Gasteiger partial charge in [0.05, 0.1) is 0 Å². The van der Waals surface area contributed by atoms with Crippen LogP contribution in [0.4, 0.5) is 0 Å². The van der Waals surface area contributed by atoms with Gasteiger partial charge in [-0.15, -0.1) is 0 Å². The standard InChI is InChI=1S/C14H22GeO/c1-15(2,11-7-4-8-12-16)13-14-9-5-3-6-10-14/h3,5-7,9-11,16H,4,8,12-13H2,1-2H3/b11-7-. The average molecular weight is 279 g/mol. The third-order valence-corrected chi connectivity index (χ3v) is 7.76. The van der Waals surface area contributed by atoms with Gasteiger partial charge in [0.25, 0.3) is 0 Å². The Kier molecular flexibility index (Phi) is 5.85. The quantitative estimate of drug-likeness (QED) is 0.625. The Bertz CT molecular complexity index is 317. The Morgan fingerprint density at radius 1 is 1.19 bits per heavy atom. The summed E-state index contributed by atoms with van der Waals surface area (Å²) in [4.78, 5) is 2.45. The van der Waals surface area contributed by atoms with Crippen molar-refractivity contribution >= 4 is 13.3 Å². The molecular weight excluding hydrogens is 257 g/mol. The first-order valence-electron chi connectivity index (χ1n) is 5.96. The Morgan fingerprint density at radius 2 is 1.88 bits per heavy atom. The van der Waals surface area contributed by atoms with Crippen LogP contribution in [0.5, 0.6) is 0 Å². The van der Waals surface area contributed by atoms with E-state index in [2.05, 4.69) is 52.8 Å². The summed E-state index contributed by atoms with van der Waals surface area (Å²) in [7, 11) is 0. The van der Waals surface area contributed by atoms with E-state index >= 15 is 0 Å². The average Bonchev–Trinajstić information content (AvgIpc) is 2.25. The number of unbranched alkanes of at least 4 members (excludes halogenated alkanes) is 1. The van der Waals surface area contributed by atoms with Crippen molar-refractivity contribution in [3.05, 3.63) is 46.9 Å². The van der Waals surface area contributed by atoms with E-state index in [-0.39, 0.29) is 0 Å². The number of aliphatic hydroxyl groups excluding tert-OH is 1. The van der Waals surface area contributed by atoms with Crippen LogP contribution in [0.15, 0.2) is 41.3 Å². The van der Waals surface area contributed by atoms with Crippen molar-refractivity contribution in [3.63, 3.8) is 0 Å². The minimum atomic E-state index is -1.76. The molecule has 0 radical (unpaired) electrons. The Morgan fingerprint density at radius 3 is 2.50 bits per heavy atom. The van der Waals surface area contributed by atoms with E-state index in [9.17, 15) is 0 Å². The maximum atomic E-state index is 8.71. The van der Waals surface area contributed by atoms with Crippen molar-refractivity contribution < 1.29 is 5.11 Å². The Hall–Kier alpha value is -0.537. The van der Waals surface area contributed by atoms with E-state index in [1.807, 2.05) is 0 Å². The summed E-state index contributed by atoms with van der Waals surface area (Å²) >= 11 is -1.76. The third kappa shape index (κ3) is 5.52. The van der Waals surface area contributed by atoms with Gasteiger partial charge in [-0.05, 0) is 0 Å². The van der Waals surface area contributed by atoms with Crippen molar-refractivity contribution in [2.75, 3.05) is 6.61 Å². The fraction of sp³-hybridized carbons (Fsp3) is 0.429. The van der Waals surface area contributed by atoms with Crippen LogP contribution in [-0.4, -0.2) is 25.0 Å². The molecule has 0 heterocycles. The zero-order valence-corrected chi connectivity index (χ0v) is 12.4. The topological polar surface area (TPSA) is 20.2 Å². The number of benzene rings is 1. The predicted octanol–water partition coefficient (Wildman–Crippen LogP) is 3.34. The van der Waals surface area contributed by atoms with Gasteiger partial charge in [0.2, 0.25) is 0 Å². The van der Waals surface area contributed by atoms with Crippen molar-refractivity contribution in [1.29, 1.82) is 0 Å². The molecule has 0 saturated carbocycles. The molecule has 1 nitrogen and oxygen atoms in total. The van der Waals surface area contributed by atoms with Crippen molar-refractivity contribution in [3.8, 4) is 0 Å². The van der Waals surface area contributed by atoms with Crippen LogP contribution < -0.4 is 0 Å². The van der Waals surface area contributed by atoms with Gasteiger partial charge in [0.15, 0.2) is 0 Å². The van der Waals surface area contributed by atoms with Crippen LogP contribution in [-0.2, 0) is 5.25 Å². The summed E-state index contributed by atoms with van der Waals surface area (Å²) in [5.41, 5.74) is 1.46. The molecule has 0 aliphatic heterocycles. The molecule has 0 aromatic heterocycles. The molecule has 1 aromatic carbocycles. The van der Waals surface area contributed by atoms with Crippen molar-refractivity contribution in [1.82, 2.24) is 0 Å². The normalized spacial score (nSPS) is 12.2. The van der Waals surface area contributed by atoms with Crippen molar-refractivity contribution in [2.45, 2.75) is 29.6 Å². The number of hydrogen-bond acceptors (Lipinski definition) is 1. The van der Waals surface area contributed by atoms with Gasteiger partial charge in [0, 0.05) is 0 Å². The molecule has 1 aromatic rings. The fourth-order valence-corrected chi connectivity index (χ4v) is 6.43. The van der Waals surface area contributed by atoms with E-state index in [1.54, 1.807) is 0 Å².